The lowest BCUT2D eigenvalue weighted by atomic mass is 10.1. The summed E-state index contributed by atoms with van der Waals surface area (Å²) in [7, 11) is 0. The van der Waals surface area contributed by atoms with Crippen molar-refractivity contribution in [1.82, 2.24) is 14.5 Å². The highest BCUT2D eigenvalue weighted by atomic mass is 19.4. The smallest absolute Gasteiger partial charge is 0.369 e. The zero-order valence-electron chi connectivity index (χ0n) is 14.8. The highest BCUT2D eigenvalue weighted by Crippen LogP contribution is 2.31. The number of anilines is 1. The van der Waals surface area contributed by atoms with Crippen molar-refractivity contribution in [3.05, 3.63) is 52.0 Å². The van der Waals surface area contributed by atoms with Gasteiger partial charge < -0.3 is 15.0 Å². The number of aromatic nitrogens is 2. The monoisotopic (exact) mass is 383 g/mol. The minimum Gasteiger partial charge on any atom is -0.369 e. The average molecular weight is 383 g/mol. The fraction of sp³-hybridized carbons (Fsp3) is 0.471. The number of rotatable bonds is 5. The van der Waals surface area contributed by atoms with Crippen molar-refractivity contribution >= 4 is 11.5 Å². The Bertz CT molecular complexity index is 813. The molecule has 1 fully saturated rings. The number of nitro groups is 1. The van der Waals surface area contributed by atoms with Gasteiger partial charge in [0, 0.05) is 45.3 Å². The number of alkyl halides is 3. The van der Waals surface area contributed by atoms with Crippen molar-refractivity contribution in [3.8, 4) is 0 Å². The number of imidazole rings is 1. The molecule has 0 atom stereocenters. The standard InChI is InChI=1S/C17H20F3N5O2/c1-13-21-12-16(25(26)27)24(13)10-7-22-5-8-23(9-6-22)15-4-2-3-14(11-15)17(18,19)20/h2-4,11-12H,5-10H2,1H3. The van der Waals surface area contributed by atoms with E-state index in [9.17, 15) is 23.3 Å². The van der Waals surface area contributed by atoms with Gasteiger partial charge in [-0.05, 0) is 23.1 Å². The van der Waals surface area contributed by atoms with Crippen LogP contribution in [0.1, 0.15) is 11.4 Å². The zero-order valence-corrected chi connectivity index (χ0v) is 14.8. The van der Waals surface area contributed by atoms with Gasteiger partial charge in [0.05, 0.1) is 5.56 Å². The van der Waals surface area contributed by atoms with Crippen LogP contribution in [0.25, 0.3) is 0 Å². The molecule has 2 heterocycles. The highest BCUT2D eigenvalue weighted by molar-refractivity contribution is 5.49. The van der Waals surface area contributed by atoms with Crippen molar-refractivity contribution in [3.63, 3.8) is 0 Å². The van der Waals surface area contributed by atoms with Gasteiger partial charge in [0.1, 0.15) is 12.7 Å². The minimum atomic E-state index is -4.35. The van der Waals surface area contributed by atoms with Crippen LogP contribution in [0.2, 0.25) is 0 Å². The number of hydrogen-bond donors (Lipinski definition) is 0. The van der Waals surface area contributed by atoms with E-state index in [2.05, 4.69) is 9.88 Å². The number of hydrogen-bond acceptors (Lipinski definition) is 5. The Balaban J connectivity index is 1.57. The Kier molecular flexibility index (Phi) is 5.36. The molecule has 7 nitrogen and oxygen atoms in total. The second-order valence-electron chi connectivity index (χ2n) is 6.45. The molecular weight excluding hydrogens is 363 g/mol. The molecule has 0 bridgehead atoms. The molecule has 1 saturated heterocycles. The predicted molar refractivity (Wildman–Crippen MR) is 93.7 cm³/mol. The third-order valence-electron chi connectivity index (χ3n) is 4.77. The maximum absolute atomic E-state index is 12.9. The van der Waals surface area contributed by atoms with E-state index >= 15 is 0 Å². The first-order valence-corrected chi connectivity index (χ1v) is 8.57. The van der Waals surface area contributed by atoms with Gasteiger partial charge in [-0.1, -0.05) is 6.07 Å². The van der Waals surface area contributed by atoms with Gasteiger partial charge in [-0.2, -0.15) is 13.2 Å². The SMILES string of the molecule is Cc1ncc([N+](=O)[O-])n1CCN1CCN(c2cccc(C(F)(F)F)c2)CC1. The molecule has 0 spiro atoms. The van der Waals surface area contributed by atoms with Gasteiger partial charge in [-0.25, -0.2) is 9.55 Å². The summed E-state index contributed by atoms with van der Waals surface area (Å²) in [4.78, 5) is 18.6. The highest BCUT2D eigenvalue weighted by Gasteiger charge is 2.31. The topological polar surface area (TPSA) is 67.4 Å². The third kappa shape index (κ3) is 4.38. The summed E-state index contributed by atoms with van der Waals surface area (Å²) in [5.74, 6) is 0.555. The predicted octanol–water partition coefficient (Wildman–Crippen LogP) is 2.94. The van der Waals surface area contributed by atoms with Gasteiger partial charge in [0.2, 0.25) is 0 Å². The molecule has 1 aromatic heterocycles. The third-order valence-corrected chi connectivity index (χ3v) is 4.77. The van der Waals surface area contributed by atoms with Crippen molar-refractivity contribution in [2.75, 3.05) is 37.6 Å². The summed E-state index contributed by atoms with van der Waals surface area (Å²) in [5, 5.41) is 11.0. The van der Waals surface area contributed by atoms with Crippen molar-refractivity contribution < 1.29 is 18.1 Å². The number of benzene rings is 1. The van der Waals surface area contributed by atoms with E-state index in [0.29, 0.717) is 50.8 Å². The van der Waals surface area contributed by atoms with Crippen LogP contribution < -0.4 is 4.90 Å². The van der Waals surface area contributed by atoms with Crippen molar-refractivity contribution in [2.24, 2.45) is 0 Å². The van der Waals surface area contributed by atoms with Crippen molar-refractivity contribution in [1.29, 1.82) is 0 Å². The van der Waals surface area contributed by atoms with Gasteiger partial charge >= 0.3 is 12.0 Å². The molecular formula is C17H20F3N5O2. The minimum absolute atomic E-state index is 0.0323. The molecule has 10 heteroatoms. The zero-order chi connectivity index (χ0) is 19.6. The second kappa shape index (κ2) is 7.55. The maximum atomic E-state index is 12.9. The molecule has 3 rings (SSSR count). The molecule has 0 N–H and O–H groups in total. The Labute approximate surface area is 154 Å². The van der Waals surface area contributed by atoms with E-state index in [1.54, 1.807) is 17.6 Å². The molecule has 146 valence electrons. The maximum Gasteiger partial charge on any atom is 0.416 e. The number of halogens is 3. The molecule has 2 aromatic rings. The first kappa shape index (κ1) is 19.2. The summed E-state index contributed by atoms with van der Waals surface area (Å²) in [5.41, 5.74) is -0.0871. The van der Waals surface area contributed by atoms with Crippen LogP contribution in [0, 0.1) is 17.0 Å². The van der Waals surface area contributed by atoms with Gasteiger partial charge in [0.25, 0.3) is 0 Å². The molecule has 0 aliphatic carbocycles. The molecule has 0 unspecified atom stereocenters. The van der Waals surface area contributed by atoms with E-state index in [4.69, 9.17) is 0 Å². The summed E-state index contributed by atoms with van der Waals surface area (Å²) in [6.07, 6.45) is -3.10. The van der Waals surface area contributed by atoms with Crippen LogP contribution in [0.4, 0.5) is 24.7 Å². The summed E-state index contributed by atoms with van der Waals surface area (Å²) in [6.45, 7) is 5.35. The van der Waals surface area contributed by atoms with Crippen LogP contribution >= 0.6 is 0 Å². The van der Waals surface area contributed by atoms with E-state index in [0.717, 1.165) is 6.07 Å². The summed E-state index contributed by atoms with van der Waals surface area (Å²) < 4.78 is 40.2. The van der Waals surface area contributed by atoms with Crippen LogP contribution in [0.3, 0.4) is 0 Å². The van der Waals surface area contributed by atoms with Gasteiger partial charge in [-0.3, -0.25) is 4.90 Å². The lowest BCUT2D eigenvalue weighted by molar-refractivity contribution is -0.392. The summed E-state index contributed by atoms with van der Waals surface area (Å²) in [6, 6.07) is 5.35. The van der Waals surface area contributed by atoms with E-state index in [-0.39, 0.29) is 5.82 Å². The fourth-order valence-electron chi connectivity index (χ4n) is 3.23. The first-order valence-electron chi connectivity index (χ1n) is 8.57. The molecule has 0 radical (unpaired) electrons. The van der Waals surface area contributed by atoms with Crippen LogP contribution in [0.5, 0.6) is 0 Å². The molecule has 0 amide bonds. The second-order valence-corrected chi connectivity index (χ2v) is 6.45. The van der Waals surface area contributed by atoms with E-state index in [1.165, 1.54) is 18.3 Å². The fourth-order valence-corrected chi connectivity index (χ4v) is 3.23. The lowest BCUT2D eigenvalue weighted by Crippen LogP contribution is -2.47. The quantitative estimate of drug-likeness (QED) is 0.587. The Hall–Kier alpha value is -2.62. The Morgan fingerprint density at radius 2 is 1.89 bits per heavy atom. The van der Waals surface area contributed by atoms with Gasteiger partial charge in [0.15, 0.2) is 5.82 Å². The lowest BCUT2D eigenvalue weighted by Gasteiger charge is -2.36. The van der Waals surface area contributed by atoms with Crippen molar-refractivity contribution in [2.45, 2.75) is 19.6 Å². The largest absolute Gasteiger partial charge is 0.416 e. The average Bonchev–Trinajstić information content (AvgIpc) is 3.01. The number of aryl methyl sites for hydroxylation is 1. The molecule has 1 aromatic carbocycles. The number of piperazine rings is 1. The van der Waals surface area contributed by atoms with E-state index < -0.39 is 16.7 Å². The Morgan fingerprint density at radius 1 is 1.19 bits per heavy atom. The molecule has 1 aliphatic rings. The molecule has 0 saturated carbocycles. The number of nitrogens with zero attached hydrogens (tertiary/aromatic N) is 5. The van der Waals surface area contributed by atoms with Crippen LogP contribution in [-0.2, 0) is 12.7 Å². The summed E-state index contributed by atoms with van der Waals surface area (Å²) >= 11 is 0. The molecule has 1 aliphatic heterocycles. The van der Waals surface area contributed by atoms with Gasteiger partial charge in [-0.15, -0.1) is 0 Å². The first-order chi connectivity index (χ1) is 12.8. The van der Waals surface area contributed by atoms with E-state index in [1.807, 2.05) is 4.90 Å². The Morgan fingerprint density at radius 3 is 2.52 bits per heavy atom. The van der Waals surface area contributed by atoms with Crippen LogP contribution in [-0.4, -0.2) is 52.1 Å². The molecule has 27 heavy (non-hydrogen) atoms. The normalized spacial score (nSPS) is 15.9. The van der Waals surface area contributed by atoms with Crippen LogP contribution in [0.15, 0.2) is 30.5 Å².